The molecular weight excluding hydrogens is 812 g/mol. The number of rotatable bonds is 12. The van der Waals surface area contributed by atoms with Crippen molar-refractivity contribution in [3.63, 3.8) is 0 Å². The van der Waals surface area contributed by atoms with Gasteiger partial charge in [-0.25, -0.2) is 4.98 Å². The number of ether oxygens (including phenoxy) is 1. The van der Waals surface area contributed by atoms with Crippen LogP contribution in [0.5, 0.6) is 5.88 Å². The van der Waals surface area contributed by atoms with Crippen LogP contribution < -0.4 is 30.5 Å². The lowest BCUT2D eigenvalue weighted by Gasteiger charge is -2.44. The number of thiocarbonyl (C=S) groups is 1. The zero-order valence-corrected chi connectivity index (χ0v) is 34.6. The second-order valence-electron chi connectivity index (χ2n) is 16.6. The Hall–Kier alpha value is -5.64. The molecule has 3 aliphatic heterocycles. The quantitative estimate of drug-likeness (QED) is 0.138. The van der Waals surface area contributed by atoms with Crippen LogP contribution in [0.4, 0.5) is 35.9 Å². The van der Waals surface area contributed by atoms with E-state index in [2.05, 4.69) is 39.6 Å². The molecule has 5 aliphatic rings. The summed E-state index contributed by atoms with van der Waals surface area (Å²) in [5.41, 5.74) is 0.00194. The van der Waals surface area contributed by atoms with E-state index in [9.17, 15) is 37.6 Å². The largest absolute Gasteiger partial charge is 0.476 e. The molecule has 1 aromatic heterocycles. The summed E-state index contributed by atoms with van der Waals surface area (Å²) in [6, 6.07) is 13.5. The van der Waals surface area contributed by atoms with E-state index in [0.717, 1.165) is 54.9 Å². The number of carbonyl (C=O) groups excluding carboxylic acids is 4. The van der Waals surface area contributed by atoms with Crippen molar-refractivity contribution in [2.24, 2.45) is 0 Å². The normalized spacial score (nSPS) is 23.1. The molecule has 3 saturated heterocycles. The summed E-state index contributed by atoms with van der Waals surface area (Å²) in [5, 5.41) is 17.8. The molecule has 8 rings (SSSR count). The SMILES string of the molecule is C[C@@H]1CN(CCOc2ncc(N3C(=S)N(c4ccc(C#N)c(C(F)(F)F)c4)C(=O)C34CCC4)cc2C2CC2)C[C@H](C)N1CC(=O)Nc1cccc(NC2CCC(=O)NC2=O)c1.[HH].[HH].[HH]. The molecule has 18 heteroatoms. The molecule has 4 heterocycles. The van der Waals surface area contributed by atoms with Gasteiger partial charge >= 0.3 is 6.18 Å². The first-order valence-corrected chi connectivity index (χ1v) is 21.0. The molecule has 5 fully saturated rings. The smallest absolute Gasteiger partial charge is 0.417 e. The fraction of sp³-hybridized carbons (Fsp3) is 0.465. The number of pyridine rings is 1. The number of benzene rings is 2. The van der Waals surface area contributed by atoms with E-state index in [4.69, 9.17) is 21.9 Å². The number of piperazine rings is 1. The maximum absolute atomic E-state index is 14.0. The van der Waals surface area contributed by atoms with Gasteiger partial charge < -0.3 is 20.3 Å². The predicted octanol–water partition coefficient (Wildman–Crippen LogP) is 6.28. The van der Waals surface area contributed by atoms with E-state index in [-0.39, 0.29) is 63.8 Å². The summed E-state index contributed by atoms with van der Waals surface area (Å²) < 4.78 is 48.0. The first-order chi connectivity index (χ1) is 29.1. The minimum Gasteiger partial charge on any atom is -0.476 e. The van der Waals surface area contributed by atoms with E-state index < -0.39 is 34.8 Å². The zero-order chi connectivity index (χ0) is 43.2. The van der Waals surface area contributed by atoms with Crippen molar-refractivity contribution in [3.05, 3.63) is 71.4 Å². The third-order valence-electron chi connectivity index (χ3n) is 12.3. The van der Waals surface area contributed by atoms with Crippen LogP contribution >= 0.6 is 12.2 Å². The number of nitriles is 1. The van der Waals surface area contributed by atoms with Crippen molar-refractivity contribution in [1.29, 1.82) is 5.26 Å². The molecule has 2 saturated carbocycles. The van der Waals surface area contributed by atoms with Crippen LogP contribution in [0.1, 0.15) is 85.7 Å². The van der Waals surface area contributed by atoms with Gasteiger partial charge in [-0.1, -0.05) is 6.07 Å². The Labute approximate surface area is 360 Å². The lowest BCUT2D eigenvalue weighted by atomic mass is 9.75. The third kappa shape index (κ3) is 8.51. The zero-order valence-electron chi connectivity index (χ0n) is 33.8. The number of piperidine rings is 1. The summed E-state index contributed by atoms with van der Waals surface area (Å²) in [6.07, 6.45) is 1.09. The number of alkyl halides is 3. The lowest BCUT2D eigenvalue weighted by Crippen LogP contribution is -2.58. The number of halogens is 3. The first-order valence-electron chi connectivity index (χ1n) is 20.6. The molecule has 14 nitrogen and oxygen atoms in total. The van der Waals surface area contributed by atoms with Crippen LogP contribution in [-0.2, 0) is 25.4 Å². The van der Waals surface area contributed by atoms with Crippen LogP contribution in [0.2, 0.25) is 0 Å². The number of nitrogens with one attached hydrogen (secondary N) is 3. The first kappa shape index (κ1) is 42.1. The summed E-state index contributed by atoms with van der Waals surface area (Å²) in [4.78, 5) is 63.1. The number of anilines is 4. The van der Waals surface area contributed by atoms with Crippen LogP contribution in [0.25, 0.3) is 0 Å². The van der Waals surface area contributed by atoms with Crippen molar-refractivity contribution in [2.45, 2.75) is 94.6 Å². The molecule has 4 amide bonds. The van der Waals surface area contributed by atoms with Crippen molar-refractivity contribution < 1.29 is 41.4 Å². The third-order valence-corrected chi connectivity index (χ3v) is 12.7. The molecule has 326 valence electrons. The van der Waals surface area contributed by atoms with Crippen molar-refractivity contribution in [3.8, 4) is 11.9 Å². The van der Waals surface area contributed by atoms with Crippen molar-refractivity contribution in [1.82, 2.24) is 20.1 Å². The summed E-state index contributed by atoms with van der Waals surface area (Å²) in [6.45, 7) is 6.82. The number of hydrogen-bond acceptors (Lipinski definition) is 11. The van der Waals surface area contributed by atoms with Gasteiger partial charge in [-0.05, 0) is 113 Å². The molecule has 2 aromatic carbocycles. The summed E-state index contributed by atoms with van der Waals surface area (Å²) in [5.74, 6) is -0.493. The molecule has 0 radical (unpaired) electrons. The molecule has 61 heavy (non-hydrogen) atoms. The second-order valence-corrected chi connectivity index (χ2v) is 17.0. The van der Waals surface area contributed by atoms with Crippen LogP contribution in [0.3, 0.4) is 0 Å². The highest BCUT2D eigenvalue weighted by Gasteiger charge is 2.60. The van der Waals surface area contributed by atoms with E-state index in [1.54, 1.807) is 41.4 Å². The highest BCUT2D eigenvalue weighted by Crippen LogP contribution is 2.50. The van der Waals surface area contributed by atoms with Crippen LogP contribution in [0.15, 0.2) is 54.7 Å². The minimum atomic E-state index is -4.79. The average molecular weight is 864 g/mol. The van der Waals surface area contributed by atoms with E-state index >= 15 is 0 Å². The van der Waals surface area contributed by atoms with E-state index in [0.29, 0.717) is 55.4 Å². The average Bonchev–Trinajstić information content (AvgIpc) is 4.01. The Morgan fingerprint density at radius 3 is 2.44 bits per heavy atom. The van der Waals surface area contributed by atoms with E-state index in [1.165, 1.54) is 6.07 Å². The van der Waals surface area contributed by atoms with Gasteiger partial charge in [0.05, 0.1) is 41.3 Å². The lowest BCUT2D eigenvalue weighted by molar-refractivity contribution is -0.138. The van der Waals surface area contributed by atoms with Gasteiger partial charge in [0, 0.05) is 59.4 Å². The van der Waals surface area contributed by atoms with E-state index in [1.807, 2.05) is 6.07 Å². The minimum absolute atomic E-state index is 0. The number of aromatic nitrogens is 1. The molecular formula is C43H52F3N9O5S. The molecule has 0 bridgehead atoms. The monoisotopic (exact) mass is 863 g/mol. The van der Waals surface area contributed by atoms with Gasteiger partial charge in [0.1, 0.15) is 18.2 Å². The van der Waals surface area contributed by atoms with Crippen molar-refractivity contribution in [2.75, 3.05) is 53.2 Å². The van der Waals surface area contributed by atoms with Gasteiger partial charge in [0.2, 0.25) is 23.6 Å². The Morgan fingerprint density at radius 2 is 1.79 bits per heavy atom. The van der Waals surface area contributed by atoms with Gasteiger partial charge in [-0.3, -0.25) is 39.2 Å². The topological polar surface area (TPSA) is 163 Å². The Morgan fingerprint density at radius 1 is 1.05 bits per heavy atom. The number of carbonyl (C=O) groups is 4. The Kier molecular flexibility index (Phi) is 11.5. The van der Waals surface area contributed by atoms with Gasteiger partial charge in [0.25, 0.3) is 5.91 Å². The van der Waals surface area contributed by atoms with Crippen LogP contribution in [-0.4, -0.2) is 100.0 Å². The highest BCUT2D eigenvalue weighted by molar-refractivity contribution is 7.81. The molecule has 3 N–H and O–H groups in total. The molecule has 1 spiro atoms. The fourth-order valence-corrected chi connectivity index (χ4v) is 9.38. The van der Waals surface area contributed by atoms with Gasteiger partial charge in [0.15, 0.2) is 5.11 Å². The predicted molar refractivity (Wildman–Crippen MR) is 230 cm³/mol. The molecule has 3 atom stereocenters. The van der Waals surface area contributed by atoms with Gasteiger partial charge in [-0.15, -0.1) is 0 Å². The second kappa shape index (κ2) is 16.7. The highest BCUT2D eigenvalue weighted by atomic mass is 32.1. The number of nitrogens with zero attached hydrogens (tertiary/aromatic N) is 6. The molecule has 3 aromatic rings. The number of imide groups is 1. The Bertz CT molecular complexity index is 2320. The summed E-state index contributed by atoms with van der Waals surface area (Å²) in [7, 11) is 0. The summed E-state index contributed by atoms with van der Waals surface area (Å²) >= 11 is 5.84. The maximum atomic E-state index is 14.0. The van der Waals surface area contributed by atoms with Crippen LogP contribution in [0, 0.1) is 11.3 Å². The number of hydrogen-bond donors (Lipinski definition) is 3. The maximum Gasteiger partial charge on any atom is 0.417 e. The van der Waals surface area contributed by atoms with Gasteiger partial charge in [-0.2, -0.15) is 18.4 Å². The molecule has 1 unspecified atom stereocenters. The number of amides is 4. The fourth-order valence-electron chi connectivity index (χ4n) is 8.92. The standard InChI is InChI=1S/C43H46F3N9O5S.3H2/c1-25-22-52(23-26(2)53(25)24-37(57)50-30-6-3-5-29(17-30)49-35-11-12-36(56)51-38(35)58)15-16-60-39-33(27-7-8-27)18-32(21-48-39)55-41(61)54(40(59)42(55)13-4-14-42)31-10-9-28(20-47)34(19-31)43(44,45)46;;;/h3,5-6,9-10,17-19,21,25-27,35,49H,4,7-8,11-16,22-24H2,1-2H3,(H,50,57)(H,51,56,58);3*1H/t25-,26+,35?;;;. The Balaban J connectivity index is 0.00000257. The van der Waals surface area contributed by atoms with Crippen molar-refractivity contribution >= 4 is 63.7 Å². The molecule has 2 aliphatic carbocycles.